The van der Waals surface area contributed by atoms with E-state index in [1.807, 2.05) is 0 Å². The monoisotopic (exact) mass is 263 g/mol. The topological polar surface area (TPSA) is 56.3 Å². The summed E-state index contributed by atoms with van der Waals surface area (Å²) in [7, 11) is 0. The lowest BCUT2D eigenvalue weighted by Crippen LogP contribution is -2.36. The summed E-state index contributed by atoms with van der Waals surface area (Å²) in [5, 5.41) is 3.19. The maximum atomic E-state index is 6.12. The van der Waals surface area contributed by atoms with Gasteiger partial charge >= 0.3 is 0 Å². The summed E-state index contributed by atoms with van der Waals surface area (Å²) < 4.78 is 12.0. The Morgan fingerprint density at radius 3 is 2.79 bits per heavy atom. The SMILES string of the molecule is CC1CCC2(CC1)OCC(CNc1ncccn1)O2. The smallest absolute Gasteiger partial charge is 0.222 e. The van der Waals surface area contributed by atoms with E-state index in [0.717, 1.165) is 18.8 Å². The van der Waals surface area contributed by atoms with Crippen LogP contribution < -0.4 is 5.32 Å². The van der Waals surface area contributed by atoms with Gasteiger partial charge in [0.05, 0.1) is 6.61 Å². The lowest BCUT2D eigenvalue weighted by atomic mass is 9.86. The Hall–Kier alpha value is -1.20. The quantitative estimate of drug-likeness (QED) is 0.906. The van der Waals surface area contributed by atoms with Gasteiger partial charge in [0.1, 0.15) is 6.10 Å². The maximum absolute atomic E-state index is 6.12. The van der Waals surface area contributed by atoms with E-state index in [4.69, 9.17) is 9.47 Å². The molecule has 0 amide bonds. The first-order chi connectivity index (χ1) is 9.26. The molecule has 19 heavy (non-hydrogen) atoms. The minimum absolute atomic E-state index is 0.0946. The van der Waals surface area contributed by atoms with Gasteiger partial charge in [-0.2, -0.15) is 0 Å². The van der Waals surface area contributed by atoms with Gasteiger partial charge in [-0.05, 0) is 24.8 Å². The van der Waals surface area contributed by atoms with Gasteiger partial charge in [0.15, 0.2) is 5.79 Å². The average Bonchev–Trinajstić information content (AvgIpc) is 2.85. The molecule has 1 N–H and O–H groups in total. The van der Waals surface area contributed by atoms with Gasteiger partial charge in [0, 0.05) is 31.8 Å². The number of hydrogen-bond donors (Lipinski definition) is 1. The van der Waals surface area contributed by atoms with Crippen molar-refractivity contribution in [3.63, 3.8) is 0 Å². The van der Waals surface area contributed by atoms with Gasteiger partial charge in [0.2, 0.25) is 5.95 Å². The number of anilines is 1. The van der Waals surface area contributed by atoms with Crippen molar-refractivity contribution in [2.24, 2.45) is 5.92 Å². The zero-order valence-corrected chi connectivity index (χ0v) is 11.3. The molecule has 1 saturated carbocycles. The van der Waals surface area contributed by atoms with Crippen LogP contribution in [0.2, 0.25) is 0 Å². The highest BCUT2D eigenvalue weighted by Gasteiger charge is 2.43. The summed E-state index contributed by atoms with van der Waals surface area (Å²) in [5.41, 5.74) is 0. The van der Waals surface area contributed by atoms with Crippen molar-refractivity contribution in [1.29, 1.82) is 0 Å². The molecule has 1 saturated heterocycles. The highest BCUT2D eigenvalue weighted by molar-refractivity contribution is 5.22. The van der Waals surface area contributed by atoms with Gasteiger partial charge in [-0.1, -0.05) is 6.92 Å². The normalized spacial score (nSPS) is 34.6. The van der Waals surface area contributed by atoms with Crippen LogP contribution >= 0.6 is 0 Å². The molecule has 0 radical (unpaired) electrons. The fraction of sp³-hybridized carbons (Fsp3) is 0.714. The molecule has 2 fully saturated rings. The maximum Gasteiger partial charge on any atom is 0.222 e. The summed E-state index contributed by atoms with van der Waals surface area (Å²) in [6, 6.07) is 1.80. The molecule has 1 aliphatic carbocycles. The molecule has 2 heterocycles. The molecule has 1 unspecified atom stereocenters. The van der Waals surface area contributed by atoms with Crippen molar-refractivity contribution in [1.82, 2.24) is 9.97 Å². The van der Waals surface area contributed by atoms with Crippen LogP contribution in [0.5, 0.6) is 0 Å². The molecule has 0 bridgehead atoms. The zero-order valence-electron chi connectivity index (χ0n) is 11.3. The molecular weight excluding hydrogens is 242 g/mol. The van der Waals surface area contributed by atoms with Crippen LogP contribution in [-0.2, 0) is 9.47 Å². The van der Waals surface area contributed by atoms with Crippen molar-refractivity contribution in [2.45, 2.75) is 44.5 Å². The number of aromatic nitrogens is 2. The molecule has 5 heteroatoms. The Bertz CT molecular complexity index is 404. The lowest BCUT2D eigenvalue weighted by Gasteiger charge is -2.34. The second-order valence-corrected chi connectivity index (χ2v) is 5.60. The van der Waals surface area contributed by atoms with Crippen LogP contribution in [0.25, 0.3) is 0 Å². The molecule has 5 nitrogen and oxygen atoms in total. The molecule has 1 spiro atoms. The Balaban J connectivity index is 1.49. The van der Waals surface area contributed by atoms with Crippen LogP contribution in [0, 0.1) is 5.92 Å². The second-order valence-electron chi connectivity index (χ2n) is 5.60. The summed E-state index contributed by atoms with van der Waals surface area (Å²) in [6.07, 6.45) is 7.98. The van der Waals surface area contributed by atoms with E-state index in [2.05, 4.69) is 22.2 Å². The minimum Gasteiger partial charge on any atom is -0.352 e. The predicted molar refractivity (Wildman–Crippen MR) is 71.7 cm³/mol. The third-order valence-corrected chi connectivity index (χ3v) is 4.00. The molecule has 1 aromatic heterocycles. The van der Waals surface area contributed by atoms with Crippen molar-refractivity contribution in [3.8, 4) is 0 Å². The minimum atomic E-state index is -0.309. The number of nitrogens with one attached hydrogen (secondary N) is 1. The van der Waals surface area contributed by atoms with E-state index in [1.54, 1.807) is 18.5 Å². The first-order valence-corrected chi connectivity index (χ1v) is 7.08. The van der Waals surface area contributed by atoms with Crippen LogP contribution in [0.1, 0.15) is 32.6 Å². The van der Waals surface area contributed by atoms with Crippen molar-refractivity contribution in [2.75, 3.05) is 18.5 Å². The van der Waals surface area contributed by atoms with Crippen molar-refractivity contribution in [3.05, 3.63) is 18.5 Å². The number of hydrogen-bond acceptors (Lipinski definition) is 5. The first kappa shape index (κ1) is 12.8. The van der Waals surface area contributed by atoms with Crippen LogP contribution in [-0.4, -0.2) is 35.0 Å². The molecule has 1 aromatic rings. The Kier molecular flexibility index (Phi) is 3.66. The predicted octanol–water partition coefficient (Wildman–Crippen LogP) is 2.21. The van der Waals surface area contributed by atoms with Crippen LogP contribution in [0.3, 0.4) is 0 Å². The fourth-order valence-corrected chi connectivity index (χ4v) is 2.78. The molecule has 2 aliphatic rings. The number of rotatable bonds is 3. The number of ether oxygens (including phenoxy) is 2. The highest BCUT2D eigenvalue weighted by atomic mass is 16.7. The molecular formula is C14H21N3O2. The summed E-state index contributed by atoms with van der Waals surface area (Å²) in [4.78, 5) is 8.27. The van der Waals surface area contributed by atoms with Crippen LogP contribution in [0.4, 0.5) is 5.95 Å². The second kappa shape index (κ2) is 5.43. The molecule has 104 valence electrons. The standard InChI is InChI=1S/C14H21N3O2/c1-11-3-5-14(6-4-11)18-10-12(19-14)9-17-13-15-7-2-8-16-13/h2,7-8,11-12H,3-6,9-10H2,1H3,(H,15,16,17). The molecule has 3 rings (SSSR count). The summed E-state index contributed by atoms with van der Waals surface area (Å²) >= 11 is 0. The zero-order chi connectivity index (χ0) is 13.1. The average molecular weight is 263 g/mol. The van der Waals surface area contributed by atoms with Gasteiger partial charge in [-0.15, -0.1) is 0 Å². The van der Waals surface area contributed by atoms with Gasteiger partial charge in [-0.3, -0.25) is 0 Å². The van der Waals surface area contributed by atoms with E-state index in [9.17, 15) is 0 Å². The summed E-state index contributed by atoms with van der Waals surface area (Å²) in [6.45, 7) is 3.66. The van der Waals surface area contributed by atoms with Gasteiger partial charge in [-0.25, -0.2) is 9.97 Å². The van der Waals surface area contributed by atoms with E-state index in [1.165, 1.54) is 12.8 Å². The van der Waals surface area contributed by atoms with E-state index < -0.39 is 0 Å². The Morgan fingerprint density at radius 2 is 2.05 bits per heavy atom. The Morgan fingerprint density at radius 1 is 1.32 bits per heavy atom. The first-order valence-electron chi connectivity index (χ1n) is 7.08. The fourth-order valence-electron chi connectivity index (χ4n) is 2.78. The van der Waals surface area contributed by atoms with E-state index >= 15 is 0 Å². The van der Waals surface area contributed by atoms with Gasteiger partial charge < -0.3 is 14.8 Å². The lowest BCUT2D eigenvalue weighted by molar-refractivity contribution is -0.190. The largest absolute Gasteiger partial charge is 0.352 e. The third kappa shape index (κ3) is 3.04. The van der Waals surface area contributed by atoms with Crippen molar-refractivity contribution < 1.29 is 9.47 Å². The number of nitrogens with zero attached hydrogens (tertiary/aromatic N) is 2. The van der Waals surface area contributed by atoms with E-state index in [-0.39, 0.29) is 11.9 Å². The van der Waals surface area contributed by atoms with Crippen LogP contribution in [0.15, 0.2) is 18.5 Å². The van der Waals surface area contributed by atoms with E-state index in [0.29, 0.717) is 19.1 Å². The summed E-state index contributed by atoms with van der Waals surface area (Å²) in [5.74, 6) is 1.13. The molecule has 1 aliphatic heterocycles. The van der Waals surface area contributed by atoms with Gasteiger partial charge in [0.25, 0.3) is 0 Å². The third-order valence-electron chi connectivity index (χ3n) is 4.00. The molecule has 0 aromatic carbocycles. The molecule has 1 atom stereocenters. The highest BCUT2D eigenvalue weighted by Crippen LogP contribution is 2.39. The van der Waals surface area contributed by atoms with Crippen molar-refractivity contribution >= 4 is 5.95 Å². The Labute approximate surface area is 113 Å².